The highest BCUT2D eigenvalue weighted by Gasteiger charge is 2.23. The van der Waals surface area contributed by atoms with Crippen LogP contribution in [0.5, 0.6) is 0 Å². The average Bonchev–Trinajstić information content (AvgIpc) is 3.91. The second-order valence-corrected chi connectivity index (χ2v) is 14.1. The number of benzene rings is 7. The molecule has 11 aromatic rings. The Labute approximate surface area is 299 Å². The molecule has 4 aromatic heterocycles. The van der Waals surface area contributed by atoms with E-state index in [0.29, 0.717) is 0 Å². The number of allylic oxidation sites excluding steroid dienone is 1. The zero-order valence-corrected chi connectivity index (χ0v) is 28.9. The van der Waals surface area contributed by atoms with Gasteiger partial charge in [-0.15, -0.1) is 17.9 Å². The minimum Gasteiger partial charge on any atom is -0.309 e. The number of hydrogen-bond donors (Lipinski definition) is 0. The summed E-state index contributed by atoms with van der Waals surface area (Å²) in [6.45, 7) is 5.25. The molecule has 3 nitrogen and oxygen atoms in total. The molecule has 7 aromatic carbocycles. The molecule has 4 heterocycles. The maximum atomic E-state index is 3.36. The normalized spacial score (nSPS) is 11.7. The Balaban J connectivity index is 0.00000106. The molecular formula is C47H33N3S. The van der Waals surface area contributed by atoms with Crippen molar-refractivity contribution in [3.8, 4) is 17.1 Å². The highest BCUT2D eigenvalue weighted by molar-refractivity contribution is 7.25. The second-order valence-electron chi connectivity index (χ2n) is 13.0. The molecule has 0 unspecified atom stereocenters. The van der Waals surface area contributed by atoms with E-state index in [4.69, 9.17) is 0 Å². The summed E-state index contributed by atoms with van der Waals surface area (Å²) in [5.74, 6) is 0. The monoisotopic (exact) mass is 671 g/mol. The lowest BCUT2D eigenvalue weighted by Gasteiger charge is -2.14. The molecular weight excluding hydrogens is 639 g/mol. The summed E-state index contributed by atoms with van der Waals surface area (Å²) in [6, 6.07) is 59.9. The Kier molecular flexibility index (Phi) is 6.73. The molecule has 0 aliphatic heterocycles. The zero-order valence-electron chi connectivity index (χ0n) is 28.1. The van der Waals surface area contributed by atoms with Gasteiger partial charge in [0.1, 0.15) is 5.65 Å². The van der Waals surface area contributed by atoms with Crippen molar-refractivity contribution in [2.24, 2.45) is 0 Å². The van der Waals surface area contributed by atoms with Gasteiger partial charge in [-0.05, 0) is 79.7 Å². The van der Waals surface area contributed by atoms with Crippen molar-refractivity contribution in [2.45, 2.75) is 6.92 Å². The van der Waals surface area contributed by atoms with E-state index < -0.39 is 0 Å². The van der Waals surface area contributed by atoms with Gasteiger partial charge in [-0.25, -0.2) is 0 Å². The predicted molar refractivity (Wildman–Crippen MR) is 221 cm³/mol. The molecule has 0 fully saturated rings. The van der Waals surface area contributed by atoms with Gasteiger partial charge in [-0.1, -0.05) is 97.1 Å². The van der Waals surface area contributed by atoms with Gasteiger partial charge in [0.25, 0.3) is 0 Å². The molecule has 0 N–H and O–H groups in total. The average molecular weight is 672 g/mol. The SMILES string of the molecule is C=CC.c1ccc(-n2c3ccc(-n4c5ccccc5c5ccccc54)cc3c3c4ccccc4n(-c4ccc5sc6ccccc6c5c4)c32)cc1. The van der Waals surface area contributed by atoms with Crippen LogP contribution in [0.2, 0.25) is 0 Å². The van der Waals surface area contributed by atoms with Gasteiger partial charge in [0.2, 0.25) is 0 Å². The number of fused-ring (bicyclic) bond motifs is 11. The van der Waals surface area contributed by atoms with E-state index in [9.17, 15) is 0 Å². The Morgan fingerprint density at radius 3 is 1.59 bits per heavy atom. The van der Waals surface area contributed by atoms with E-state index in [1.165, 1.54) is 80.5 Å². The largest absolute Gasteiger partial charge is 0.309 e. The van der Waals surface area contributed by atoms with E-state index in [-0.39, 0.29) is 0 Å². The Bertz CT molecular complexity index is 3060. The molecule has 0 aliphatic rings. The summed E-state index contributed by atoms with van der Waals surface area (Å²) < 4.78 is 9.99. The van der Waals surface area contributed by atoms with Crippen molar-refractivity contribution < 1.29 is 0 Å². The number of nitrogens with zero attached hydrogens (tertiary/aromatic N) is 3. The van der Waals surface area contributed by atoms with Crippen LogP contribution in [-0.4, -0.2) is 13.7 Å². The van der Waals surface area contributed by atoms with Crippen LogP contribution in [0.1, 0.15) is 6.92 Å². The lowest BCUT2D eigenvalue weighted by atomic mass is 10.1. The predicted octanol–water partition coefficient (Wildman–Crippen LogP) is 13.4. The van der Waals surface area contributed by atoms with Crippen LogP contribution in [0.25, 0.3) is 91.9 Å². The van der Waals surface area contributed by atoms with Gasteiger partial charge in [-0.2, -0.15) is 0 Å². The first-order chi connectivity index (χ1) is 25.2. The molecule has 0 amide bonds. The molecule has 0 saturated carbocycles. The maximum Gasteiger partial charge on any atom is 0.131 e. The van der Waals surface area contributed by atoms with Crippen LogP contribution >= 0.6 is 11.3 Å². The van der Waals surface area contributed by atoms with Crippen LogP contribution in [-0.2, 0) is 0 Å². The standard InChI is InChI=1S/C44H27N3S.C3H6/c1-2-12-28(13-3-1)46-40-24-22-29(45-37-18-8-4-14-31(37)32-15-5-9-19-38(32)45)27-36(40)43-34-17-6-10-20-39(34)47(44(43)46)30-23-25-42-35(26-30)33-16-7-11-21-41(33)48-42;1-3-2/h1-27H;3H,1H2,2H3. The molecule has 0 atom stereocenters. The summed E-state index contributed by atoms with van der Waals surface area (Å²) in [5, 5.41) is 8.91. The summed E-state index contributed by atoms with van der Waals surface area (Å²) in [5.41, 5.74) is 9.48. The summed E-state index contributed by atoms with van der Waals surface area (Å²) in [6.07, 6.45) is 1.75. The third kappa shape index (κ3) is 4.37. The van der Waals surface area contributed by atoms with E-state index in [1.54, 1.807) is 6.08 Å². The minimum atomic E-state index is 1.15. The fourth-order valence-corrected chi connectivity index (χ4v) is 9.12. The number of para-hydroxylation sites is 4. The third-order valence-electron chi connectivity index (χ3n) is 10.0. The highest BCUT2D eigenvalue weighted by Crippen LogP contribution is 2.43. The maximum absolute atomic E-state index is 3.36. The Hall–Kier alpha value is -6.36. The zero-order chi connectivity index (χ0) is 34.1. The molecule has 11 rings (SSSR count). The van der Waals surface area contributed by atoms with Crippen LogP contribution < -0.4 is 0 Å². The van der Waals surface area contributed by atoms with Gasteiger partial charge in [-0.3, -0.25) is 9.13 Å². The van der Waals surface area contributed by atoms with Crippen LogP contribution in [0.15, 0.2) is 176 Å². The Morgan fingerprint density at radius 1 is 0.412 bits per heavy atom. The first-order valence-corrected chi connectivity index (χ1v) is 18.2. The van der Waals surface area contributed by atoms with Crippen LogP contribution in [0.4, 0.5) is 0 Å². The first-order valence-electron chi connectivity index (χ1n) is 17.4. The first kappa shape index (κ1) is 29.5. The summed E-state index contributed by atoms with van der Waals surface area (Å²) in [7, 11) is 0. The van der Waals surface area contributed by atoms with E-state index >= 15 is 0 Å². The second kappa shape index (κ2) is 11.6. The van der Waals surface area contributed by atoms with Crippen molar-refractivity contribution >= 4 is 86.2 Å². The minimum absolute atomic E-state index is 1.15. The number of thiophene rings is 1. The van der Waals surface area contributed by atoms with E-state index in [1.807, 2.05) is 18.3 Å². The number of hydrogen-bond acceptors (Lipinski definition) is 1. The van der Waals surface area contributed by atoms with Crippen molar-refractivity contribution in [1.29, 1.82) is 0 Å². The van der Waals surface area contributed by atoms with Crippen LogP contribution in [0, 0.1) is 0 Å². The molecule has 0 aliphatic carbocycles. The topological polar surface area (TPSA) is 14.8 Å². The smallest absolute Gasteiger partial charge is 0.131 e. The van der Waals surface area contributed by atoms with Crippen molar-refractivity contribution in [3.63, 3.8) is 0 Å². The lowest BCUT2D eigenvalue weighted by molar-refractivity contribution is 1.07. The van der Waals surface area contributed by atoms with Crippen molar-refractivity contribution in [2.75, 3.05) is 0 Å². The fourth-order valence-electron chi connectivity index (χ4n) is 8.03. The molecule has 0 radical (unpaired) electrons. The Morgan fingerprint density at radius 2 is 0.882 bits per heavy atom. The quantitative estimate of drug-likeness (QED) is 0.166. The van der Waals surface area contributed by atoms with E-state index in [0.717, 1.165) is 11.4 Å². The molecule has 0 bridgehead atoms. The number of aromatic nitrogens is 3. The van der Waals surface area contributed by atoms with Crippen LogP contribution in [0.3, 0.4) is 0 Å². The molecule has 0 spiro atoms. The van der Waals surface area contributed by atoms with Gasteiger partial charge in [0.05, 0.1) is 22.1 Å². The number of rotatable bonds is 3. The van der Waals surface area contributed by atoms with Gasteiger partial charge < -0.3 is 4.57 Å². The van der Waals surface area contributed by atoms with Gasteiger partial charge in [0.15, 0.2) is 0 Å². The molecule has 51 heavy (non-hydrogen) atoms. The highest BCUT2D eigenvalue weighted by atomic mass is 32.1. The molecule has 0 saturated heterocycles. The molecule has 4 heteroatoms. The lowest BCUT2D eigenvalue weighted by Crippen LogP contribution is -2.01. The van der Waals surface area contributed by atoms with Gasteiger partial charge in [0, 0.05) is 64.2 Å². The molecule has 242 valence electrons. The summed E-state index contributed by atoms with van der Waals surface area (Å²) in [4.78, 5) is 0. The van der Waals surface area contributed by atoms with E-state index in [2.05, 4.69) is 184 Å². The third-order valence-corrected chi connectivity index (χ3v) is 11.2. The fraction of sp³-hybridized carbons (Fsp3) is 0.0213. The van der Waals surface area contributed by atoms with Crippen molar-refractivity contribution in [3.05, 3.63) is 176 Å². The van der Waals surface area contributed by atoms with Crippen molar-refractivity contribution in [1.82, 2.24) is 13.7 Å². The van der Waals surface area contributed by atoms with Gasteiger partial charge >= 0.3 is 0 Å². The summed E-state index contributed by atoms with van der Waals surface area (Å²) >= 11 is 1.86.